The monoisotopic (exact) mass is 347 g/mol. The zero-order chi connectivity index (χ0) is 16.9. The van der Waals surface area contributed by atoms with Crippen LogP contribution < -0.4 is 0 Å². The van der Waals surface area contributed by atoms with Gasteiger partial charge in [-0.1, -0.05) is 6.92 Å². The fraction of sp³-hybridized carbons (Fsp3) is 0.600. The second-order valence-electron chi connectivity index (χ2n) is 5.36. The molecule has 23 heavy (non-hydrogen) atoms. The summed E-state index contributed by atoms with van der Waals surface area (Å²) in [5.74, 6) is 0.737. The van der Waals surface area contributed by atoms with Crippen LogP contribution in [0.15, 0.2) is 23.4 Å². The molecule has 1 amide bonds. The molecular weight excluding hydrogens is 327 g/mol. The van der Waals surface area contributed by atoms with Gasteiger partial charge in [-0.25, -0.2) is 4.98 Å². The molecule has 1 aromatic rings. The fourth-order valence-corrected chi connectivity index (χ4v) is 3.10. The number of nitrogens with zero attached hydrogens (tertiary/aromatic N) is 3. The molecule has 0 N–H and O–H groups in total. The summed E-state index contributed by atoms with van der Waals surface area (Å²) in [6.07, 6.45) is -2.12. The molecular formula is C15H20F3N3OS. The van der Waals surface area contributed by atoms with Gasteiger partial charge in [-0.2, -0.15) is 13.2 Å². The SMILES string of the molecule is CCSc1ccc(C(=O)N2CCCN(CC(F)(F)F)CC2)cn1. The lowest BCUT2D eigenvalue weighted by atomic mass is 10.2. The van der Waals surface area contributed by atoms with E-state index < -0.39 is 12.7 Å². The molecule has 1 aromatic heterocycles. The Morgan fingerprint density at radius 2 is 2.04 bits per heavy atom. The van der Waals surface area contributed by atoms with Crippen molar-refractivity contribution in [3.63, 3.8) is 0 Å². The second kappa shape index (κ2) is 8.01. The molecule has 2 heterocycles. The maximum Gasteiger partial charge on any atom is 0.401 e. The first-order chi connectivity index (χ1) is 10.9. The summed E-state index contributed by atoms with van der Waals surface area (Å²) in [6.45, 7) is 2.48. The maximum atomic E-state index is 12.5. The van der Waals surface area contributed by atoms with Gasteiger partial charge in [0.1, 0.15) is 0 Å². The lowest BCUT2D eigenvalue weighted by Gasteiger charge is -2.22. The normalized spacial score (nSPS) is 17.1. The van der Waals surface area contributed by atoms with E-state index in [0.29, 0.717) is 31.6 Å². The van der Waals surface area contributed by atoms with Crippen molar-refractivity contribution in [2.75, 3.05) is 38.5 Å². The van der Waals surface area contributed by atoms with E-state index >= 15 is 0 Å². The van der Waals surface area contributed by atoms with Crippen LogP contribution in [0.1, 0.15) is 23.7 Å². The standard InChI is InChI=1S/C15H20F3N3OS/c1-2-23-13-5-4-12(10-19-13)14(22)21-7-3-6-20(8-9-21)11-15(16,17)18/h4-5,10H,2-3,6-9,11H2,1H3. The number of aromatic nitrogens is 1. The van der Waals surface area contributed by atoms with Crippen molar-refractivity contribution < 1.29 is 18.0 Å². The van der Waals surface area contributed by atoms with Crippen molar-refractivity contribution in [1.82, 2.24) is 14.8 Å². The molecule has 2 rings (SSSR count). The van der Waals surface area contributed by atoms with Crippen LogP contribution in [0.5, 0.6) is 0 Å². The van der Waals surface area contributed by atoms with E-state index in [1.807, 2.05) is 6.92 Å². The summed E-state index contributed by atoms with van der Waals surface area (Å²) in [5, 5.41) is 0.858. The summed E-state index contributed by atoms with van der Waals surface area (Å²) in [5.41, 5.74) is 0.481. The summed E-state index contributed by atoms with van der Waals surface area (Å²) in [6, 6.07) is 3.53. The highest BCUT2D eigenvalue weighted by Gasteiger charge is 2.32. The molecule has 0 saturated carbocycles. The zero-order valence-electron chi connectivity index (χ0n) is 13.0. The molecule has 1 fully saturated rings. The quantitative estimate of drug-likeness (QED) is 0.785. The first-order valence-electron chi connectivity index (χ1n) is 7.56. The van der Waals surface area contributed by atoms with Crippen molar-refractivity contribution in [2.24, 2.45) is 0 Å². The van der Waals surface area contributed by atoms with Crippen LogP contribution in [0.2, 0.25) is 0 Å². The number of pyridine rings is 1. The summed E-state index contributed by atoms with van der Waals surface area (Å²) in [4.78, 5) is 19.6. The Morgan fingerprint density at radius 3 is 2.65 bits per heavy atom. The predicted molar refractivity (Wildman–Crippen MR) is 83.7 cm³/mol. The molecule has 0 bridgehead atoms. The molecule has 128 valence electrons. The van der Waals surface area contributed by atoms with E-state index in [-0.39, 0.29) is 12.5 Å². The van der Waals surface area contributed by atoms with Crippen LogP contribution in [-0.4, -0.2) is 65.3 Å². The molecule has 1 saturated heterocycles. The van der Waals surface area contributed by atoms with Crippen LogP contribution >= 0.6 is 11.8 Å². The number of rotatable bonds is 4. The van der Waals surface area contributed by atoms with Gasteiger partial charge in [-0.15, -0.1) is 11.8 Å². The van der Waals surface area contributed by atoms with Crippen LogP contribution in [0, 0.1) is 0 Å². The summed E-state index contributed by atoms with van der Waals surface area (Å²) < 4.78 is 37.4. The Morgan fingerprint density at radius 1 is 1.26 bits per heavy atom. The minimum Gasteiger partial charge on any atom is -0.337 e. The largest absolute Gasteiger partial charge is 0.401 e. The van der Waals surface area contributed by atoms with E-state index in [0.717, 1.165) is 10.8 Å². The number of carbonyl (C=O) groups excluding carboxylic acids is 1. The topological polar surface area (TPSA) is 36.4 Å². The number of hydrogen-bond donors (Lipinski definition) is 0. The average molecular weight is 347 g/mol. The van der Waals surface area contributed by atoms with E-state index in [1.165, 1.54) is 4.90 Å². The molecule has 8 heteroatoms. The van der Waals surface area contributed by atoms with Crippen LogP contribution in [0.4, 0.5) is 13.2 Å². The van der Waals surface area contributed by atoms with Crippen LogP contribution in [0.25, 0.3) is 0 Å². The van der Waals surface area contributed by atoms with Gasteiger partial charge in [0.2, 0.25) is 0 Å². The maximum absolute atomic E-state index is 12.5. The number of halogens is 3. The molecule has 0 aliphatic carbocycles. The fourth-order valence-electron chi connectivity index (χ4n) is 2.51. The van der Waals surface area contributed by atoms with Crippen molar-refractivity contribution in [1.29, 1.82) is 0 Å². The van der Waals surface area contributed by atoms with E-state index in [2.05, 4.69) is 4.98 Å². The zero-order valence-corrected chi connectivity index (χ0v) is 13.8. The van der Waals surface area contributed by atoms with Gasteiger partial charge < -0.3 is 4.90 Å². The lowest BCUT2D eigenvalue weighted by molar-refractivity contribution is -0.145. The molecule has 0 radical (unpaired) electrons. The highest BCUT2D eigenvalue weighted by Crippen LogP contribution is 2.19. The van der Waals surface area contributed by atoms with Gasteiger partial charge in [-0.05, 0) is 24.3 Å². The molecule has 1 aliphatic heterocycles. The first kappa shape index (κ1) is 18.1. The number of amides is 1. The highest BCUT2D eigenvalue weighted by atomic mass is 32.2. The van der Waals surface area contributed by atoms with Gasteiger partial charge in [0.05, 0.1) is 17.1 Å². The number of hydrogen-bond acceptors (Lipinski definition) is 4. The van der Waals surface area contributed by atoms with Crippen molar-refractivity contribution in [3.8, 4) is 0 Å². The van der Waals surface area contributed by atoms with Crippen molar-refractivity contribution in [2.45, 2.75) is 24.5 Å². The van der Waals surface area contributed by atoms with E-state index in [1.54, 1.807) is 35.0 Å². The summed E-state index contributed by atoms with van der Waals surface area (Å²) in [7, 11) is 0. The van der Waals surface area contributed by atoms with E-state index in [9.17, 15) is 18.0 Å². The third-order valence-electron chi connectivity index (χ3n) is 3.55. The van der Waals surface area contributed by atoms with Crippen molar-refractivity contribution in [3.05, 3.63) is 23.9 Å². The van der Waals surface area contributed by atoms with E-state index in [4.69, 9.17) is 0 Å². The van der Waals surface area contributed by atoms with Crippen LogP contribution in [0.3, 0.4) is 0 Å². The third kappa shape index (κ3) is 5.69. The Labute approximate surface area is 138 Å². The molecule has 0 aromatic carbocycles. The Bertz CT molecular complexity index is 522. The average Bonchev–Trinajstić information content (AvgIpc) is 2.71. The molecule has 0 unspecified atom stereocenters. The Kier molecular flexibility index (Phi) is 6.29. The highest BCUT2D eigenvalue weighted by molar-refractivity contribution is 7.99. The number of thioether (sulfide) groups is 1. The first-order valence-corrected chi connectivity index (χ1v) is 8.55. The molecule has 4 nitrogen and oxygen atoms in total. The number of alkyl halides is 3. The Balaban J connectivity index is 1.95. The minimum absolute atomic E-state index is 0.167. The molecule has 0 spiro atoms. The van der Waals surface area contributed by atoms with Gasteiger partial charge in [0.25, 0.3) is 5.91 Å². The van der Waals surface area contributed by atoms with Gasteiger partial charge in [0.15, 0.2) is 0 Å². The van der Waals surface area contributed by atoms with Gasteiger partial charge in [-0.3, -0.25) is 9.69 Å². The van der Waals surface area contributed by atoms with Gasteiger partial charge >= 0.3 is 6.18 Å². The Hall–Kier alpha value is -1.28. The lowest BCUT2D eigenvalue weighted by Crippen LogP contribution is -2.38. The summed E-state index contributed by atoms with van der Waals surface area (Å²) >= 11 is 1.59. The molecule has 1 aliphatic rings. The van der Waals surface area contributed by atoms with Crippen LogP contribution in [-0.2, 0) is 0 Å². The minimum atomic E-state index is -4.20. The molecule has 0 atom stereocenters. The number of carbonyl (C=O) groups is 1. The second-order valence-corrected chi connectivity index (χ2v) is 6.64. The van der Waals surface area contributed by atoms with Gasteiger partial charge in [0, 0.05) is 32.4 Å². The smallest absolute Gasteiger partial charge is 0.337 e. The third-order valence-corrected chi connectivity index (χ3v) is 4.38. The van der Waals surface area contributed by atoms with Crippen molar-refractivity contribution >= 4 is 17.7 Å². The predicted octanol–water partition coefficient (Wildman–Crippen LogP) is 2.90.